The highest BCUT2D eigenvalue weighted by atomic mass is 16.5. The Balaban J connectivity index is 2.73. The number of anilines is 1. The fourth-order valence-corrected chi connectivity index (χ4v) is 1.27. The predicted octanol–water partition coefficient (Wildman–Crippen LogP) is 1.93. The maximum atomic E-state index is 11.9. The van der Waals surface area contributed by atoms with Crippen molar-refractivity contribution in [2.45, 2.75) is 27.2 Å². The molecular weight excluding hydrogens is 244 g/mol. The van der Waals surface area contributed by atoms with Crippen LogP contribution in [0, 0.1) is 5.41 Å². The molecule has 0 saturated heterocycles. The molecule has 0 unspecified atom stereocenters. The molecule has 5 nitrogen and oxygen atoms in total. The smallest absolute Gasteiger partial charge is 0.229 e. The zero-order valence-corrected chi connectivity index (χ0v) is 11.5. The number of para-hydroxylation sites is 2. The van der Waals surface area contributed by atoms with Gasteiger partial charge >= 0.3 is 0 Å². The summed E-state index contributed by atoms with van der Waals surface area (Å²) in [7, 11) is 0. The Labute approximate surface area is 113 Å². The lowest BCUT2D eigenvalue weighted by atomic mass is 9.95. The molecule has 1 aromatic carbocycles. The Hall–Kier alpha value is -2.04. The lowest BCUT2D eigenvalue weighted by Gasteiger charge is -2.19. The van der Waals surface area contributed by atoms with Crippen molar-refractivity contribution >= 4 is 17.5 Å². The third-order valence-corrected chi connectivity index (χ3v) is 2.42. The second-order valence-electron chi connectivity index (χ2n) is 5.27. The van der Waals surface area contributed by atoms with Crippen LogP contribution in [-0.4, -0.2) is 18.4 Å². The summed E-state index contributed by atoms with van der Waals surface area (Å²) in [5.74, 6) is 0.0102. The van der Waals surface area contributed by atoms with Gasteiger partial charge in [0.1, 0.15) is 5.75 Å². The van der Waals surface area contributed by atoms with Crippen molar-refractivity contribution in [2.24, 2.45) is 11.1 Å². The number of hydrogen-bond donors (Lipinski definition) is 2. The first-order valence-electron chi connectivity index (χ1n) is 6.12. The Morgan fingerprint density at radius 1 is 1.26 bits per heavy atom. The molecule has 5 heteroatoms. The molecule has 0 aromatic heterocycles. The first-order valence-corrected chi connectivity index (χ1v) is 6.12. The van der Waals surface area contributed by atoms with Crippen LogP contribution in [0.5, 0.6) is 5.75 Å². The molecule has 0 fully saturated rings. The van der Waals surface area contributed by atoms with Crippen molar-refractivity contribution in [3.8, 4) is 5.75 Å². The quantitative estimate of drug-likeness (QED) is 0.852. The van der Waals surface area contributed by atoms with Crippen LogP contribution in [0.1, 0.15) is 27.2 Å². The minimum absolute atomic E-state index is 0.0987. The fourth-order valence-electron chi connectivity index (χ4n) is 1.27. The largest absolute Gasteiger partial charge is 0.491 e. The van der Waals surface area contributed by atoms with Crippen molar-refractivity contribution in [3.63, 3.8) is 0 Å². The number of ether oxygens (including phenoxy) is 1. The van der Waals surface area contributed by atoms with E-state index in [1.165, 1.54) is 0 Å². The number of benzene rings is 1. The molecule has 0 bridgehead atoms. The van der Waals surface area contributed by atoms with Gasteiger partial charge in [0.2, 0.25) is 11.8 Å². The summed E-state index contributed by atoms with van der Waals surface area (Å²) in [4.78, 5) is 22.6. The van der Waals surface area contributed by atoms with Gasteiger partial charge in [-0.15, -0.1) is 0 Å². The van der Waals surface area contributed by atoms with Crippen LogP contribution in [0.2, 0.25) is 0 Å². The van der Waals surface area contributed by atoms with Crippen LogP contribution in [0.25, 0.3) is 0 Å². The molecule has 0 aliphatic carbocycles. The zero-order chi connectivity index (χ0) is 14.5. The molecule has 0 aliphatic heterocycles. The van der Waals surface area contributed by atoms with E-state index in [0.717, 1.165) is 0 Å². The highest BCUT2D eigenvalue weighted by molar-refractivity contribution is 5.95. The summed E-state index contributed by atoms with van der Waals surface area (Å²) in [5, 5.41) is 2.81. The van der Waals surface area contributed by atoms with E-state index < -0.39 is 11.3 Å². The minimum atomic E-state index is -0.486. The van der Waals surface area contributed by atoms with Gasteiger partial charge in [0.05, 0.1) is 18.7 Å². The van der Waals surface area contributed by atoms with E-state index in [9.17, 15) is 9.59 Å². The Kier molecular flexibility index (Phi) is 4.92. The Morgan fingerprint density at radius 3 is 2.47 bits per heavy atom. The maximum absolute atomic E-state index is 11.9. The first kappa shape index (κ1) is 15.0. The average Bonchev–Trinajstić information content (AvgIpc) is 2.29. The number of amides is 2. The maximum Gasteiger partial charge on any atom is 0.229 e. The third-order valence-electron chi connectivity index (χ3n) is 2.42. The van der Waals surface area contributed by atoms with Gasteiger partial charge in [-0.05, 0) is 12.1 Å². The normalized spacial score (nSPS) is 10.9. The summed E-state index contributed by atoms with van der Waals surface area (Å²) in [6.07, 6.45) is 0.140. The zero-order valence-electron chi connectivity index (χ0n) is 11.5. The molecule has 0 atom stereocenters. The summed E-state index contributed by atoms with van der Waals surface area (Å²) in [6, 6.07) is 7.09. The molecule has 0 radical (unpaired) electrons. The van der Waals surface area contributed by atoms with Crippen LogP contribution in [-0.2, 0) is 9.59 Å². The van der Waals surface area contributed by atoms with Crippen molar-refractivity contribution < 1.29 is 14.3 Å². The predicted molar refractivity (Wildman–Crippen MR) is 73.8 cm³/mol. The number of hydrogen-bond acceptors (Lipinski definition) is 3. The highest BCUT2D eigenvalue weighted by Crippen LogP contribution is 2.26. The molecule has 2 amide bonds. The topological polar surface area (TPSA) is 81.4 Å². The van der Waals surface area contributed by atoms with E-state index in [0.29, 0.717) is 11.4 Å². The van der Waals surface area contributed by atoms with Gasteiger partial charge in [-0.1, -0.05) is 32.9 Å². The van der Waals surface area contributed by atoms with Gasteiger partial charge in [-0.25, -0.2) is 0 Å². The lowest BCUT2D eigenvalue weighted by Crippen LogP contribution is -2.27. The molecule has 1 rings (SSSR count). The number of nitrogens with one attached hydrogen (secondary N) is 1. The molecule has 0 aliphatic rings. The SMILES string of the molecule is CC(C)(C)C(=O)Nc1ccccc1OCCC(N)=O. The number of primary amides is 1. The second-order valence-corrected chi connectivity index (χ2v) is 5.27. The monoisotopic (exact) mass is 264 g/mol. The lowest BCUT2D eigenvalue weighted by molar-refractivity contribution is -0.123. The molecule has 104 valence electrons. The van der Waals surface area contributed by atoms with Gasteiger partial charge in [-0.3, -0.25) is 9.59 Å². The van der Waals surface area contributed by atoms with Gasteiger partial charge in [-0.2, -0.15) is 0 Å². The van der Waals surface area contributed by atoms with Crippen LogP contribution in [0.15, 0.2) is 24.3 Å². The summed E-state index contributed by atoms with van der Waals surface area (Å²) >= 11 is 0. The molecule has 0 heterocycles. The first-order chi connectivity index (χ1) is 8.80. The minimum Gasteiger partial charge on any atom is -0.491 e. The van der Waals surface area contributed by atoms with E-state index in [1.807, 2.05) is 20.8 Å². The molecular formula is C14H20N2O3. The van der Waals surface area contributed by atoms with E-state index >= 15 is 0 Å². The Bertz CT molecular complexity index is 464. The Morgan fingerprint density at radius 2 is 1.89 bits per heavy atom. The second kappa shape index (κ2) is 6.22. The number of nitrogens with two attached hydrogens (primary N) is 1. The van der Waals surface area contributed by atoms with Gasteiger partial charge < -0.3 is 15.8 Å². The van der Waals surface area contributed by atoms with Crippen LogP contribution in [0.4, 0.5) is 5.69 Å². The highest BCUT2D eigenvalue weighted by Gasteiger charge is 2.22. The van der Waals surface area contributed by atoms with Crippen LogP contribution < -0.4 is 15.8 Å². The van der Waals surface area contributed by atoms with E-state index in [-0.39, 0.29) is 18.9 Å². The number of carbonyl (C=O) groups is 2. The van der Waals surface area contributed by atoms with Gasteiger partial charge in [0.25, 0.3) is 0 Å². The van der Waals surface area contributed by atoms with E-state index in [2.05, 4.69) is 5.32 Å². The third kappa shape index (κ3) is 4.99. The molecule has 0 spiro atoms. The van der Waals surface area contributed by atoms with Crippen molar-refractivity contribution in [2.75, 3.05) is 11.9 Å². The summed E-state index contributed by atoms with van der Waals surface area (Å²) < 4.78 is 5.45. The van der Waals surface area contributed by atoms with Crippen molar-refractivity contribution in [1.29, 1.82) is 0 Å². The summed E-state index contributed by atoms with van der Waals surface area (Å²) in [5.41, 5.74) is 5.15. The molecule has 1 aromatic rings. The van der Waals surface area contributed by atoms with Crippen molar-refractivity contribution in [1.82, 2.24) is 0 Å². The molecule has 0 saturated carbocycles. The van der Waals surface area contributed by atoms with Crippen LogP contribution >= 0.6 is 0 Å². The van der Waals surface area contributed by atoms with Crippen molar-refractivity contribution in [3.05, 3.63) is 24.3 Å². The number of carbonyl (C=O) groups excluding carboxylic acids is 2. The van der Waals surface area contributed by atoms with Gasteiger partial charge in [0, 0.05) is 5.41 Å². The fraction of sp³-hybridized carbons (Fsp3) is 0.429. The number of rotatable bonds is 5. The molecule has 19 heavy (non-hydrogen) atoms. The van der Waals surface area contributed by atoms with E-state index in [4.69, 9.17) is 10.5 Å². The average molecular weight is 264 g/mol. The summed E-state index contributed by atoms with van der Waals surface area (Å²) in [6.45, 7) is 5.69. The van der Waals surface area contributed by atoms with E-state index in [1.54, 1.807) is 24.3 Å². The standard InChI is InChI=1S/C14H20N2O3/c1-14(2,3)13(18)16-10-6-4-5-7-11(10)19-9-8-12(15)17/h4-7H,8-9H2,1-3H3,(H2,15,17)(H,16,18). The molecule has 3 N–H and O–H groups in total. The van der Waals surface area contributed by atoms with Crippen LogP contribution in [0.3, 0.4) is 0 Å². The van der Waals surface area contributed by atoms with Gasteiger partial charge in [0.15, 0.2) is 0 Å².